The second-order valence-electron chi connectivity index (χ2n) is 3.12. The fourth-order valence-electron chi connectivity index (χ4n) is 1.41. The molecule has 2 atom stereocenters. The monoisotopic (exact) mass is 140 g/mol. The van der Waals surface area contributed by atoms with Crippen LogP contribution >= 0.6 is 0 Å². The maximum absolute atomic E-state index is 9.25. The molecule has 0 radical (unpaired) electrons. The van der Waals surface area contributed by atoms with E-state index < -0.39 is 0 Å². The summed E-state index contributed by atoms with van der Waals surface area (Å²) in [5.41, 5.74) is 0. The molecule has 1 heteroatoms. The first-order valence-corrected chi connectivity index (χ1v) is 4.15. The molecule has 0 aromatic heterocycles. The van der Waals surface area contributed by atoms with Crippen LogP contribution in [0.15, 0.2) is 12.2 Å². The predicted octanol–water partition coefficient (Wildman–Crippen LogP) is 2.11. The molecular formula is C9H16O. The molecule has 0 aromatic carbocycles. The first-order valence-electron chi connectivity index (χ1n) is 4.15. The summed E-state index contributed by atoms with van der Waals surface area (Å²) in [6, 6.07) is 0. The molecule has 0 heterocycles. The minimum atomic E-state index is -0.158. The zero-order chi connectivity index (χ0) is 7.40. The molecule has 0 amide bonds. The highest BCUT2D eigenvalue weighted by molar-refractivity contribution is 4.93. The third kappa shape index (κ3) is 2.14. The highest BCUT2D eigenvalue weighted by Crippen LogP contribution is 2.19. The fraction of sp³-hybridized carbons (Fsp3) is 0.778. The number of allylic oxidation sites excluding steroid dienone is 1. The van der Waals surface area contributed by atoms with Crippen LogP contribution in [-0.2, 0) is 0 Å². The topological polar surface area (TPSA) is 20.2 Å². The van der Waals surface area contributed by atoms with Gasteiger partial charge in [-0.1, -0.05) is 18.6 Å². The highest BCUT2D eigenvalue weighted by Gasteiger charge is 2.11. The molecule has 58 valence electrons. The minimum absolute atomic E-state index is 0.158. The fourth-order valence-corrected chi connectivity index (χ4v) is 1.41. The second-order valence-corrected chi connectivity index (χ2v) is 3.12. The summed E-state index contributed by atoms with van der Waals surface area (Å²) in [5, 5.41) is 9.25. The van der Waals surface area contributed by atoms with Crippen LogP contribution in [0.25, 0.3) is 0 Å². The molecule has 0 fully saturated rings. The Kier molecular flexibility index (Phi) is 2.94. The summed E-state index contributed by atoms with van der Waals surface area (Å²) < 4.78 is 0. The summed E-state index contributed by atoms with van der Waals surface area (Å²) in [7, 11) is 0. The molecule has 0 aliphatic heterocycles. The lowest BCUT2D eigenvalue weighted by molar-refractivity contribution is 0.144. The molecule has 1 N–H and O–H groups in total. The van der Waals surface area contributed by atoms with Crippen LogP contribution in [0.1, 0.15) is 32.6 Å². The molecule has 10 heavy (non-hydrogen) atoms. The Bertz CT molecular complexity index is 116. The van der Waals surface area contributed by atoms with E-state index in [0.717, 1.165) is 6.42 Å². The average Bonchev–Trinajstić information content (AvgIpc) is 2.12. The van der Waals surface area contributed by atoms with Crippen LogP contribution in [0.3, 0.4) is 0 Å². The van der Waals surface area contributed by atoms with Crippen molar-refractivity contribution in [1.29, 1.82) is 0 Å². The van der Waals surface area contributed by atoms with Crippen molar-refractivity contribution in [1.82, 2.24) is 0 Å². The number of aliphatic hydroxyl groups excluding tert-OH is 1. The van der Waals surface area contributed by atoms with Gasteiger partial charge in [-0.3, -0.25) is 0 Å². The molecule has 1 aliphatic carbocycles. The van der Waals surface area contributed by atoms with E-state index in [1.165, 1.54) is 19.3 Å². The van der Waals surface area contributed by atoms with Crippen molar-refractivity contribution in [3.63, 3.8) is 0 Å². The Labute approximate surface area is 62.8 Å². The lowest BCUT2D eigenvalue weighted by atomic mass is 9.99. The van der Waals surface area contributed by atoms with Crippen LogP contribution in [0.5, 0.6) is 0 Å². The van der Waals surface area contributed by atoms with Crippen molar-refractivity contribution in [2.45, 2.75) is 38.7 Å². The Hall–Kier alpha value is -0.300. The van der Waals surface area contributed by atoms with Crippen molar-refractivity contribution < 1.29 is 5.11 Å². The van der Waals surface area contributed by atoms with E-state index in [9.17, 15) is 5.11 Å². The molecule has 0 bridgehead atoms. The summed E-state index contributed by atoms with van der Waals surface area (Å²) in [4.78, 5) is 0. The van der Waals surface area contributed by atoms with E-state index in [1.54, 1.807) is 0 Å². The van der Waals surface area contributed by atoms with Crippen molar-refractivity contribution in [2.75, 3.05) is 0 Å². The van der Waals surface area contributed by atoms with Gasteiger partial charge in [0.15, 0.2) is 0 Å². The van der Waals surface area contributed by atoms with Crippen LogP contribution in [-0.4, -0.2) is 11.2 Å². The predicted molar refractivity (Wildman–Crippen MR) is 42.8 cm³/mol. The Morgan fingerprint density at radius 3 is 3.00 bits per heavy atom. The van der Waals surface area contributed by atoms with Crippen LogP contribution in [0, 0.1) is 5.92 Å². The number of hydrogen-bond acceptors (Lipinski definition) is 1. The molecular weight excluding hydrogens is 124 g/mol. The van der Waals surface area contributed by atoms with Gasteiger partial charge in [-0.15, -0.1) is 0 Å². The first-order chi connectivity index (χ1) is 4.80. The standard InChI is InChI=1S/C9H16O/c1-8(10)9-6-4-2-3-5-7-9/h4,6,8-10H,2-3,5,7H2,1H3/t8-,9+/m0/s1. The normalized spacial score (nSPS) is 29.6. The van der Waals surface area contributed by atoms with Gasteiger partial charge in [0.2, 0.25) is 0 Å². The zero-order valence-electron chi connectivity index (χ0n) is 6.59. The molecule has 0 spiro atoms. The van der Waals surface area contributed by atoms with Gasteiger partial charge in [-0.25, -0.2) is 0 Å². The second kappa shape index (κ2) is 3.77. The van der Waals surface area contributed by atoms with E-state index in [-0.39, 0.29) is 6.10 Å². The first kappa shape index (κ1) is 7.80. The maximum atomic E-state index is 9.25. The average molecular weight is 140 g/mol. The summed E-state index contributed by atoms with van der Waals surface area (Å²) in [6.45, 7) is 1.88. The van der Waals surface area contributed by atoms with Gasteiger partial charge in [-0.05, 0) is 26.2 Å². The quantitative estimate of drug-likeness (QED) is 0.553. The third-order valence-corrected chi connectivity index (χ3v) is 2.16. The van der Waals surface area contributed by atoms with Gasteiger partial charge in [0.25, 0.3) is 0 Å². The molecule has 0 unspecified atom stereocenters. The van der Waals surface area contributed by atoms with E-state index in [1.807, 2.05) is 6.92 Å². The summed E-state index contributed by atoms with van der Waals surface area (Å²) in [6.07, 6.45) is 9.12. The van der Waals surface area contributed by atoms with Crippen LogP contribution < -0.4 is 0 Å². The molecule has 1 nitrogen and oxygen atoms in total. The van der Waals surface area contributed by atoms with Gasteiger partial charge in [0, 0.05) is 5.92 Å². The molecule has 1 aliphatic rings. The maximum Gasteiger partial charge on any atom is 0.0574 e. The van der Waals surface area contributed by atoms with Gasteiger partial charge in [0.1, 0.15) is 0 Å². The molecule has 0 saturated carbocycles. The highest BCUT2D eigenvalue weighted by atomic mass is 16.3. The van der Waals surface area contributed by atoms with E-state index in [4.69, 9.17) is 0 Å². The van der Waals surface area contributed by atoms with Crippen molar-refractivity contribution in [3.05, 3.63) is 12.2 Å². The Balaban J connectivity index is 2.41. The summed E-state index contributed by atoms with van der Waals surface area (Å²) in [5.74, 6) is 0.419. The largest absolute Gasteiger partial charge is 0.393 e. The van der Waals surface area contributed by atoms with Gasteiger partial charge in [0.05, 0.1) is 6.10 Å². The van der Waals surface area contributed by atoms with E-state index in [2.05, 4.69) is 12.2 Å². The van der Waals surface area contributed by atoms with Gasteiger partial charge >= 0.3 is 0 Å². The molecule has 0 saturated heterocycles. The third-order valence-electron chi connectivity index (χ3n) is 2.16. The van der Waals surface area contributed by atoms with Crippen LogP contribution in [0.2, 0.25) is 0 Å². The Morgan fingerprint density at radius 2 is 2.30 bits per heavy atom. The minimum Gasteiger partial charge on any atom is -0.393 e. The zero-order valence-corrected chi connectivity index (χ0v) is 6.59. The van der Waals surface area contributed by atoms with Crippen molar-refractivity contribution in [3.8, 4) is 0 Å². The number of hydrogen-bond donors (Lipinski definition) is 1. The number of rotatable bonds is 1. The number of aliphatic hydroxyl groups is 1. The molecule has 0 aromatic rings. The molecule has 1 rings (SSSR count). The van der Waals surface area contributed by atoms with Crippen LogP contribution in [0.4, 0.5) is 0 Å². The van der Waals surface area contributed by atoms with Gasteiger partial charge < -0.3 is 5.11 Å². The van der Waals surface area contributed by atoms with Gasteiger partial charge in [-0.2, -0.15) is 0 Å². The van der Waals surface area contributed by atoms with Crippen molar-refractivity contribution in [2.24, 2.45) is 5.92 Å². The Morgan fingerprint density at radius 1 is 1.50 bits per heavy atom. The van der Waals surface area contributed by atoms with Crippen molar-refractivity contribution >= 4 is 0 Å². The lowest BCUT2D eigenvalue weighted by Gasteiger charge is -2.13. The SMILES string of the molecule is C[C@H](O)[C@@H]1C=CCCCC1. The smallest absolute Gasteiger partial charge is 0.0574 e. The lowest BCUT2D eigenvalue weighted by Crippen LogP contribution is -2.13. The summed E-state index contributed by atoms with van der Waals surface area (Å²) >= 11 is 0. The van der Waals surface area contributed by atoms with E-state index >= 15 is 0 Å². The van der Waals surface area contributed by atoms with E-state index in [0.29, 0.717) is 5.92 Å².